The molecule has 0 radical (unpaired) electrons. The van der Waals surface area contributed by atoms with Crippen LogP contribution in [0.2, 0.25) is 0 Å². The molecule has 0 aromatic heterocycles. The fourth-order valence-electron chi connectivity index (χ4n) is 1.54. The average molecular weight is 373 g/mol. The third-order valence-electron chi connectivity index (χ3n) is 2.48. The zero-order valence-electron chi connectivity index (χ0n) is 11.1. The van der Waals surface area contributed by atoms with Gasteiger partial charge in [0.05, 0.1) is 13.2 Å². The minimum absolute atomic E-state index is 0.0715. The molecule has 8 heteroatoms. The first-order valence-corrected chi connectivity index (χ1v) is 8.32. The Morgan fingerprint density at radius 1 is 1.25 bits per heavy atom. The van der Waals surface area contributed by atoms with E-state index < -0.39 is 19.4 Å². The van der Waals surface area contributed by atoms with Crippen molar-refractivity contribution >= 4 is 23.5 Å². The van der Waals surface area contributed by atoms with Crippen molar-refractivity contribution in [2.24, 2.45) is 0 Å². The smallest absolute Gasteiger partial charge is 0.381 e. The van der Waals surface area contributed by atoms with Crippen molar-refractivity contribution in [3.63, 3.8) is 0 Å². The van der Waals surface area contributed by atoms with Crippen molar-refractivity contribution in [1.29, 1.82) is 0 Å². The number of halogens is 3. The van der Waals surface area contributed by atoms with Crippen LogP contribution in [0.15, 0.2) is 28.7 Å². The van der Waals surface area contributed by atoms with E-state index in [1.54, 1.807) is 0 Å². The summed E-state index contributed by atoms with van der Waals surface area (Å²) in [7, 11) is -4.75. The number of aliphatic hydroxyl groups excluding tert-OH is 1. The molecule has 0 aliphatic rings. The molecule has 0 fully saturated rings. The molecule has 1 atom stereocenters. The number of hydrogen-bond donors (Lipinski definition) is 1. The van der Waals surface area contributed by atoms with Gasteiger partial charge in [-0.1, -0.05) is 28.1 Å². The lowest BCUT2D eigenvalue weighted by Gasteiger charge is -2.29. The summed E-state index contributed by atoms with van der Waals surface area (Å²) >= 11 is 3.16. The number of rotatable bonds is 7. The highest BCUT2D eigenvalue weighted by Crippen LogP contribution is 2.66. The van der Waals surface area contributed by atoms with Crippen LogP contribution < -0.4 is 0 Å². The average Bonchev–Trinajstić information content (AvgIpc) is 2.39. The zero-order valence-corrected chi connectivity index (χ0v) is 13.5. The lowest BCUT2D eigenvalue weighted by molar-refractivity contribution is -0.0676. The van der Waals surface area contributed by atoms with Crippen molar-refractivity contribution in [3.8, 4) is 0 Å². The normalized spacial score (nSPS) is 14.3. The molecule has 4 nitrogen and oxygen atoms in total. The van der Waals surface area contributed by atoms with Crippen LogP contribution in [0, 0.1) is 0 Å². The maximum absolute atomic E-state index is 14.3. The minimum Gasteiger partial charge on any atom is -0.381 e. The van der Waals surface area contributed by atoms with Gasteiger partial charge in [0.2, 0.25) is 0 Å². The maximum Gasteiger partial charge on any atom is 0.402 e. The first-order valence-electron chi connectivity index (χ1n) is 5.99. The Balaban J connectivity index is 3.11. The molecule has 0 aliphatic carbocycles. The quantitative estimate of drug-likeness (QED) is 0.723. The third kappa shape index (κ3) is 3.65. The van der Waals surface area contributed by atoms with Gasteiger partial charge in [-0.3, -0.25) is 4.57 Å². The van der Waals surface area contributed by atoms with Gasteiger partial charge >= 0.3 is 13.3 Å². The second-order valence-corrected chi connectivity index (χ2v) is 6.90. The van der Waals surface area contributed by atoms with E-state index in [0.29, 0.717) is 4.47 Å². The van der Waals surface area contributed by atoms with Crippen LogP contribution in [0.1, 0.15) is 25.5 Å². The summed E-state index contributed by atoms with van der Waals surface area (Å²) in [4.78, 5) is 0. The van der Waals surface area contributed by atoms with Gasteiger partial charge < -0.3 is 14.2 Å². The van der Waals surface area contributed by atoms with Gasteiger partial charge in [-0.25, -0.2) is 0 Å². The molecular weight excluding hydrogens is 357 g/mol. The van der Waals surface area contributed by atoms with Crippen molar-refractivity contribution in [2.45, 2.75) is 25.6 Å². The minimum atomic E-state index is -4.75. The van der Waals surface area contributed by atoms with E-state index in [9.17, 15) is 18.5 Å². The van der Waals surface area contributed by atoms with Crippen molar-refractivity contribution in [2.75, 3.05) is 13.2 Å². The largest absolute Gasteiger partial charge is 0.402 e. The van der Waals surface area contributed by atoms with Crippen molar-refractivity contribution in [3.05, 3.63) is 34.3 Å². The fraction of sp³-hybridized carbons (Fsp3) is 0.500. The van der Waals surface area contributed by atoms with E-state index in [2.05, 4.69) is 25.0 Å². The summed E-state index contributed by atoms with van der Waals surface area (Å²) in [5.41, 5.74) is -4.11. The van der Waals surface area contributed by atoms with Crippen LogP contribution >= 0.6 is 23.5 Å². The first kappa shape index (κ1) is 17.7. The Morgan fingerprint density at radius 2 is 1.70 bits per heavy atom. The van der Waals surface area contributed by atoms with Gasteiger partial charge in [0.15, 0.2) is 6.10 Å². The number of aliphatic hydroxyl groups is 1. The van der Waals surface area contributed by atoms with Crippen LogP contribution in [0.4, 0.5) is 8.78 Å². The predicted octanol–water partition coefficient (Wildman–Crippen LogP) is 4.34. The van der Waals surface area contributed by atoms with Crippen LogP contribution in [0.3, 0.4) is 0 Å². The molecule has 0 saturated carbocycles. The van der Waals surface area contributed by atoms with Crippen LogP contribution in [0.5, 0.6) is 0 Å². The number of benzene rings is 1. The summed E-state index contributed by atoms with van der Waals surface area (Å²) in [5, 5.41) is 9.83. The Labute approximate surface area is 124 Å². The van der Waals surface area contributed by atoms with Gasteiger partial charge in [0.25, 0.3) is 0 Å². The highest BCUT2D eigenvalue weighted by Gasteiger charge is 2.59. The lowest BCUT2D eigenvalue weighted by Crippen LogP contribution is -2.28. The predicted molar refractivity (Wildman–Crippen MR) is 74.9 cm³/mol. The highest BCUT2D eigenvalue weighted by atomic mass is 79.9. The highest BCUT2D eigenvalue weighted by molar-refractivity contribution is 9.10. The Kier molecular flexibility index (Phi) is 6.28. The second-order valence-electron chi connectivity index (χ2n) is 3.87. The number of alkyl halides is 2. The topological polar surface area (TPSA) is 55.8 Å². The number of hydrogen-bond acceptors (Lipinski definition) is 4. The van der Waals surface area contributed by atoms with E-state index >= 15 is 0 Å². The van der Waals surface area contributed by atoms with Gasteiger partial charge in [0.1, 0.15) is 0 Å². The molecule has 114 valence electrons. The Hall–Kier alpha value is -0.330. The summed E-state index contributed by atoms with van der Waals surface area (Å²) in [5.74, 6) is 0. The second kappa shape index (κ2) is 7.09. The molecule has 0 aliphatic heterocycles. The van der Waals surface area contributed by atoms with E-state index in [1.807, 2.05) is 0 Å². The van der Waals surface area contributed by atoms with E-state index in [4.69, 9.17) is 0 Å². The van der Waals surface area contributed by atoms with E-state index in [-0.39, 0.29) is 18.8 Å². The van der Waals surface area contributed by atoms with E-state index in [1.165, 1.54) is 38.1 Å². The standard InChI is InChI=1S/C12H16BrF2O4P/c1-3-18-20(17,19-4-2)12(14,15)11(16)9-5-7-10(13)8-6-9/h5-8,11,16H,3-4H2,1-2H3/t11-/m1/s1. The molecule has 0 saturated heterocycles. The third-order valence-corrected chi connectivity index (χ3v) is 5.18. The molecular formula is C12H16BrF2O4P. The van der Waals surface area contributed by atoms with E-state index in [0.717, 1.165) is 0 Å². The van der Waals surface area contributed by atoms with Crippen molar-refractivity contribution in [1.82, 2.24) is 0 Å². The first-order chi connectivity index (χ1) is 9.28. The lowest BCUT2D eigenvalue weighted by atomic mass is 10.1. The molecule has 1 N–H and O–H groups in total. The molecule has 1 rings (SSSR count). The molecule has 0 bridgehead atoms. The molecule has 0 spiro atoms. The Bertz CT molecular complexity index is 471. The summed E-state index contributed by atoms with van der Waals surface area (Å²) in [6.45, 7) is 2.43. The molecule has 1 aromatic carbocycles. The summed E-state index contributed by atoms with van der Waals surface area (Å²) < 4.78 is 50.6. The summed E-state index contributed by atoms with van der Waals surface area (Å²) in [6.07, 6.45) is -2.28. The van der Waals surface area contributed by atoms with Crippen LogP contribution in [-0.2, 0) is 13.6 Å². The van der Waals surface area contributed by atoms with Crippen molar-refractivity contribution < 1.29 is 27.5 Å². The molecule has 20 heavy (non-hydrogen) atoms. The van der Waals surface area contributed by atoms with Gasteiger partial charge in [-0.15, -0.1) is 0 Å². The van der Waals surface area contributed by atoms with Crippen LogP contribution in [-0.4, -0.2) is 24.0 Å². The molecule has 0 unspecified atom stereocenters. The van der Waals surface area contributed by atoms with Gasteiger partial charge in [-0.05, 0) is 31.5 Å². The zero-order chi connectivity index (χ0) is 15.4. The molecule has 0 amide bonds. The molecule has 0 heterocycles. The Morgan fingerprint density at radius 3 is 2.10 bits per heavy atom. The SMILES string of the molecule is CCOP(=O)(OCC)C(F)(F)[C@H](O)c1ccc(Br)cc1. The van der Waals surface area contributed by atoms with Crippen LogP contribution in [0.25, 0.3) is 0 Å². The summed E-state index contributed by atoms with van der Waals surface area (Å²) in [6, 6.07) is 5.62. The fourth-order valence-corrected chi connectivity index (χ4v) is 3.36. The monoisotopic (exact) mass is 372 g/mol. The molecule has 1 aromatic rings. The van der Waals surface area contributed by atoms with Gasteiger partial charge in [0, 0.05) is 4.47 Å². The van der Waals surface area contributed by atoms with Gasteiger partial charge in [-0.2, -0.15) is 8.78 Å². The maximum atomic E-state index is 14.3.